The zero-order chi connectivity index (χ0) is 19.0. The van der Waals surface area contributed by atoms with Crippen LogP contribution in [0.5, 0.6) is 0 Å². The Morgan fingerprint density at radius 1 is 1.07 bits per heavy atom. The number of hydrogen-bond acceptors (Lipinski definition) is 4. The number of aliphatic imine (C=N–C) groups is 1. The second kappa shape index (κ2) is 12.2. The summed E-state index contributed by atoms with van der Waals surface area (Å²) in [6.07, 6.45) is 8.49. The molecule has 0 aromatic rings. The third-order valence-corrected chi connectivity index (χ3v) is 6.01. The lowest BCUT2D eigenvalue weighted by Crippen LogP contribution is -2.56. The highest BCUT2D eigenvalue weighted by Crippen LogP contribution is 2.34. The largest absolute Gasteiger partial charge is 0.379 e. The van der Waals surface area contributed by atoms with Crippen LogP contribution in [0.2, 0.25) is 0 Å². The van der Waals surface area contributed by atoms with Gasteiger partial charge in [-0.25, -0.2) is 0 Å². The standard InChI is InChI=1S/C20H37N5O2.HI/c1-2-21-19(23-11-10-22-18(26)17-6-7-17)24-16-20(8-4-3-5-9-20)25-12-14-27-15-13-25;/h17H,2-16H2,1H3,(H,22,26)(H2,21,23,24);1H. The van der Waals surface area contributed by atoms with Gasteiger partial charge in [-0.2, -0.15) is 0 Å². The van der Waals surface area contributed by atoms with Crippen LogP contribution in [0.3, 0.4) is 0 Å². The Morgan fingerprint density at radius 3 is 2.39 bits per heavy atom. The molecule has 3 aliphatic rings. The van der Waals surface area contributed by atoms with Crippen molar-refractivity contribution in [3.8, 4) is 0 Å². The van der Waals surface area contributed by atoms with Crippen molar-refractivity contribution in [1.82, 2.24) is 20.9 Å². The van der Waals surface area contributed by atoms with Crippen molar-refractivity contribution < 1.29 is 9.53 Å². The van der Waals surface area contributed by atoms with E-state index in [9.17, 15) is 4.79 Å². The summed E-state index contributed by atoms with van der Waals surface area (Å²) in [6.45, 7) is 8.82. The fourth-order valence-corrected chi connectivity index (χ4v) is 4.25. The number of halogens is 1. The summed E-state index contributed by atoms with van der Waals surface area (Å²) in [6, 6.07) is 0. The Morgan fingerprint density at radius 2 is 1.75 bits per heavy atom. The molecule has 0 bridgehead atoms. The molecule has 28 heavy (non-hydrogen) atoms. The molecule has 2 saturated carbocycles. The van der Waals surface area contributed by atoms with Gasteiger partial charge >= 0.3 is 0 Å². The maximum Gasteiger partial charge on any atom is 0.223 e. The third-order valence-electron chi connectivity index (χ3n) is 6.01. The predicted octanol–water partition coefficient (Wildman–Crippen LogP) is 1.72. The fourth-order valence-electron chi connectivity index (χ4n) is 4.25. The van der Waals surface area contributed by atoms with Gasteiger partial charge in [0, 0.05) is 44.2 Å². The summed E-state index contributed by atoms with van der Waals surface area (Å²) < 4.78 is 5.57. The lowest BCUT2D eigenvalue weighted by Gasteiger charge is -2.47. The average Bonchev–Trinajstić information content (AvgIpc) is 3.56. The van der Waals surface area contributed by atoms with Gasteiger partial charge in [0.05, 0.1) is 19.8 Å². The second-order valence-corrected chi connectivity index (χ2v) is 8.07. The van der Waals surface area contributed by atoms with E-state index < -0.39 is 0 Å². The fraction of sp³-hybridized carbons (Fsp3) is 0.900. The van der Waals surface area contributed by atoms with Crippen molar-refractivity contribution in [3.63, 3.8) is 0 Å². The summed E-state index contributed by atoms with van der Waals surface area (Å²) in [5.74, 6) is 1.33. The number of morpholine rings is 1. The molecule has 1 aliphatic heterocycles. The van der Waals surface area contributed by atoms with Gasteiger partial charge in [-0.15, -0.1) is 24.0 Å². The van der Waals surface area contributed by atoms with Crippen LogP contribution in [0.15, 0.2) is 4.99 Å². The van der Waals surface area contributed by atoms with Crippen LogP contribution in [-0.2, 0) is 9.53 Å². The molecule has 3 fully saturated rings. The van der Waals surface area contributed by atoms with Crippen LogP contribution in [0, 0.1) is 5.92 Å². The highest BCUT2D eigenvalue weighted by atomic mass is 127. The normalized spacial score (nSPS) is 22.8. The number of ether oxygens (including phenoxy) is 1. The van der Waals surface area contributed by atoms with E-state index in [1.165, 1.54) is 32.1 Å². The smallest absolute Gasteiger partial charge is 0.223 e. The van der Waals surface area contributed by atoms with Crippen molar-refractivity contribution in [2.45, 2.75) is 57.4 Å². The number of hydrogen-bond donors (Lipinski definition) is 3. The number of carbonyl (C=O) groups is 1. The molecule has 8 heteroatoms. The number of nitrogens with zero attached hydrogens (tertiary/aromatic N) is 2. The van der Waals surface area contributed by atoms with Crippen molar-refractivity contribution in [2.75, 3.05) is 52.5 Å². The van der Waals surface area contributed by atoms with E-state index in [2.05, 4.69) is 27.8 Å². The summed E-state index contributed by atoms with van der Waals surface area (Å²) in [5.41, 5.74) is 0.185. The molecule has 1 heterocycles. The van der Waals surface area contributed by atoms with Crippen LogP contribution in [0.25, 0.3) is 0 Å². The minimum atomic E-state index is 0. The Labute approximate surface area is 186 Å². The van der Waals surface area contributed by atoms with Crippen LogP contribution < -0.4 is 16.0 Å². The number of amides is 1. The molecule has 7 nitrogen and oxygen atoms in total. The van der Waals surface area contributed by atoms with Gasteiger partial charge in [0.1, 0.15) is 0 Å². The molecule has 162 valence electrons. The lowest BCUT2D eigenvalue weighted by atomic mass is 9.80. The summed E-state index contributed by atoms with van der Waals surface area (Å²) in [7, 11) is 0. The topological polar surface area (TPSA) is 78.0 Å². The Balaban J connectivity index is 0.00000280. The van der Waals surface area contributed by atoms with Crippen molar-refractivity contribution in [3.05, 3.63) is 0 Å². The van der Waals surface area contributed by atoms with Gasteiger partial charge < -0.3 is 20.7 Å². The number of carbonyl (C=O) groups excluding carboxylic acids is 1. The maximum absolute atomic E-state index is 11.7. The Kier molecular flexibility index (Phi) is 10.3. The van der Waals surface area contributed by atoms with E-state index in [1.807, 2.05) is 0 Å². The zero-order valence-corrected chi connectivity index (χ0v) is 19.6. The molecular formula is C20H38IN5O2. The lowest BCUT2D eigenvalue weighted by molar-refractivity contribution is -0.122. The molecule has 0 aromatic heterocycles. The van der Waals surface area contributed by atoms with Gasteiger partial charge in [-0.05, 0) is 32.6 Å². The quantitative estimate of drug-likeness (QED) is 0.202. The molecule has 0 aromatic carbocycles. The van der Waals surface area contributed by atoms with E-state index >= 15 is 0 Å². The van der Waals surface area contributed by atoms with Gasteiger partial charge in [0.15, 0.2) is 5.96 Å². The van der Waals surface area contributed by atoms with Crippen molar-refractivity contribution >= 4 is 35.8 Å². The molecule has 0 radical (unpaired) electrons. The predicted molar refractivity (Wildman–Crippen MR) is 123 cm³/mol. The van der Waals surface area contributed by atoms with E-state index in [0.29, 0.717) is 13.1 Å². The highest BCUT2D eigenvalue weighted by Gasteiger charge is 2.38. The van der Waals surface area contributed by atoms with E-state index in [0.717, 1.165) is 58.2 Å². The highest BCUT2D eigenvalue weighted by molar-refractivity contribution is 14.0. The number of guanidine groups is 1. The van der Waals surface area contributed by atoms with Crippen LogP contribution in [0.1, 0.15) is 51.9 Å². The summed E-state index contributed by atoms with van der Waals surface area (Å²) in [4.78, 5) is 19.3. The van der Waals surface area contributed by atoms with Crippen molar-refractivity contribution in [2.24, 2.45) is 10.9 Å². The molecule has 0 unspecified atom stereocenters. The number of nitrogens with one attached hydrogen (secondary N) is 3. The Bertz CT molecular complexity index is 501. The first-order valence-electron chi connectivity index (χ1n) is 10.9. The van der Waals surface area contributed by atoms with E-state index in [4.69, 9.17) is 9.73 Å². The molecular weight excluding hydrogens is 469 g/mol. The SMILES string of the molecule is CCNC(=NCC1(N2CCOCC2)CCCCC1)NCCNC(=O)C1CC1.I. The average molecular weight is 507 g/mol. The molecule has 1 saturated heterocycles. The molecule has 0 atom stereocenters. The molecule has 3 rings (SSSR count). The van der Waals surface area contributed by atoms with Crippen LogP contribution in [-0.4, -0.2) is 74.8 Å². The first-order chi connectivity index (χ1) is 13.2. The minimum Gasteiger partial charge on any atom is -0.379 e. The monoisotopic (exact) mass is 507 g/mol. The van der Waals surface area contributed by atoms with Gasteiger partial charge in [-0.3, -0.25) is 14.7 Å². The summed E-state index contributed by atoms with van der Waals surface area (Å²) in [5, 5.41) is 9.72. The Hall–Kier alpha value is -0.610. The van der Waals surface area contributed by atoms with Crippen LogP contribution >= 0.6 is 24.0 Å². The second-order valence-electron chi connectivity index (χ2n) is 8.07. The molecule has 0 spiro atoms. The summed E-state index contributed by atoms with van der Waals surface area (Å²) >= 11 is 0. The van der Waals surface area contributed by atoms with Gasteiger partial charge in [0.25, 0.3) is 0 Å². The minimum absolute atomic E-state index is 0. The first kappa shape index (κ1) is 23.7. The zero-order valence-electron chi connectivity index (χ0n) is 17.3. The molecule has 2 aliphatic carbocycles. The maximum atomic E-state index is 11.7. The molecule has 1 amide bonds. The van der Waals surface area contributed by atoms with Crippen LogP contribution in [0.4, 0.5) is 0 Å². The third kappa shape index (κ3) is 7.02. The first-order valence-corrected chi connectivity index (χ1v) is 10.9. The number of rotatable bonds is 8. The van der Waals surface area contributed by atoms with Crippen molar-refractivity contribution in [1.29, 1.82) is 0 Å². The van der Waals surface area contributed by atoms with Gasteiger partial charge in [-0.1, -0.05) is 19.3 Å². The molecule has 3 N–H and O–H groups in total. The van der Waals surface area contributed by atoms with Gasteiger partial charge in [0.2, 0.25) is 5.91 Å². The van der Waals surface area contributed by atoms with E-state index in [-0.39, 0.29) is 41.3 Å². The van der Waals surface area contributed by atoms with E-state index in [1.54, 1.807) is 0 Å².